The number of rotatable bonds is 1. The summed E-state index contributed by atoms with van der Waals surface area (Å²) in [6, 6.07) is 9.68. The van der Waals surface area contributed by atoms with Gasteiger partial charge in [-0.15, -0.1) is 0 Å². The van der Waals surface area contributed by atoms with Crippen LogP contribution in [0.4, 0.5) is 5.82 Å². The van der Waals surface area contributed by atoms with E-state index < -0.39 is 0 Å². The molecule has 2 heterocycles. The van der Waals surface area contributed by atoms with Gasteiger partial charge in [-0.3, -0.25) is 0 Å². The summed E-state index contributed by atoms with van der Waals surface area (Å²) in [5.41, 5.74) is 2.22. The first kappa shape index (κ1) is 10.4. The Labute approximate surface area is 102 Å². The van der Waals surface area contributed by atoms with Crippen molar-refractivity contribution in [3.8, 4) is 11.4 Å². The number of aromatic amines is 1. The number of hydrogen-bond acceptors (Lipinski definition) is 4. The van der Waals surface area contributed by atoms with Gasteiger partial charge in [0.05, 0.1) is 16.2 Å². The van der Waals surface area contributed by atoms with E-state index in [1.165, 1.54) is 0 Å². The molecule has 6 nitrogen and oxygen atoms in total. The molecule has 3 aromatic rings. The molecule has 0 spiro atoms. The standard InChI is InChI=1S/C12H9N6/c1-7-9-11(17-18-12(9)16-13)15-10(14-7)8-5-3-2-4-6-8/h2-6H,1H3,(H,14,15,17,18)/q+1. The average Bonchev–Trinajstić information content (AvgIpc) is 2.83. The summed E-state index contributed by atoms with van der Waals surface area (Å²) in [5, 5.41) is 16.1. The van der Waals surface area contributed by atoms with E-state index in [0.717, 1.165) is 11.3 Å². The van der Waals surface area contributed by atoms with Crippen LogP contribution in [0, 0.1) is 12.3 Å². The van der Waals surface area contributed by atoms with Crippen LogP contribution in [0.2, 0.25) is 0 Å². The van der Waals surface area contributed by atoms with Gasteiger partial charge < -0.3 is 0 Å². The number of hydrogen-bond donors (Lipinski definition) is 1. The third-order valence-electron chi connectivity index (χ3n) is 2.71. The van der Waals surface area contributed by atoms with Crippen LogP contribution in [0.5, 0.6) is 0 Å². The summed E-state index contributed by atoms with van der Waals surface area (Å²) < 4.78 is 0. The first-order valence-corrected chi connectivity index (χ1v) is 5.43. The third kappa shape index (κ3) is 1.50. The lowest BCUT2D eigenvalue weighted by Gasteiger charge is -2.00. The lowest BCUT2D eigenvalue weighted by molar-refractivity contribution is 1.09. The van der Waals surface area contributed by atoms with Gasteiger partial charge in [-0.05, 0) is 6.92 Å². The van der Waals surface area contributed by atoms with E-state index in [1.54, 1.807) is 0 Å². The van der Waals surface area contributed by atoms with Gasteiger partial charge in [-0.2, -0.15) is 5.10 Å². The Morgan fingerprint density at radius 3 is 2.67 bits per heavy atom. The molecule has 0 aliphatic carbocycles. The zero-order chi connectivity index (χ0) is 12.5. The minimum atomic E-state index is 0.210. The zero-order valence-electron chi connectivity index (χ0n) is 9.62. The minimum Gasteiger partial charge on any atom is -0.232 e. The summed E-state index contributed by atoms with van der Waals surface area (Å²) in [5.74, 6) is 0.829. The van der Waals surface area contributed by atoms with Crippen molar-refractivity contribution in [3.63, 3.8) is 0 Å². The van der Waals surface area contributed by atoms with Crippen molar-refractivity contribution in [2.24, 2.45) is 0 Å². The third-order valence-corrected chi connectivity index (χ3v) is 2.71. The highest BCUT2D eigenvalue weighted by atomic mass is 15.2. The van der Waals surface area contributed by atoms with Crippen LogP contribution in [0.1, 0.15) is 5.69 Å². The monoisotopic (exact) mass is 237 g/mol. The van der Waals surface area contributed by atoms with Gasteiger partial charge in [0, 0.05) is 10.5 Å². The summed E-state index contributed by atoms with van der Waals surface area (Å²) in [7, 11) is 0. The number of benzene rings is 1. The topological polar surface area (TPSA) is 82.6 Å². The molecule has 0 amide bonds. The first-order chi connectivity index (χ1) is 8.79. The number of aryl methyl sites for hydroxylation is 1. The molecule has 0 atom stereocenters. The maximum absolute atomic E-state index is 8.82. The molecule has 0 unspecified atom stereocenters. The summed E-state index contributed by atoms with van der Waals surface area (Å²) in [6.07, 6.45) is 0. The highest BCUT2D eigenvalue weighted by Crippen LogP contribution is 2.26. The molecule has 6 heteroatoms. The zero-order valence-corrected chi connectivity index (χ0v) is 9.62. The second-order valence-electron chi connectivity index (χ2n) is 3.87. The van der Waals surface area contributed by atoms with E-state index in [-0.39, 0.29) is 5.82 Å². The normalized spacial score (nSPS) is 10.4. The van der Waals surface area contributed by atoms with Gasteiger partial charge in [-0.25, -0.2) is 9.97 Å². The van der Waals surface area contributed by atoms with Gasteiger partial charge in [0.15, 0.2) is 16.9 Å². The second-order valence-corrected chi connectivity index (χ2v) is 3.87. The fraction of sp³-hybridized carbons (Fsp3) is 0.0833. The van der Waals surface area contributed by atoms with Crippen LogP contribution >= 0.6 is 0 Å². The molecule has 3 rings (SSSR count). The second kappa shape index (κ2) is 3.89. The predicted octanol–water partition coefficient (Wildman–Crippen LogP) is 2.81. The molecular formula is C12H9N6+. The quantitative estimate of drug-likeness (QED) is 0.659. The van der Waals surface area contributed by atoms with Crippen LogP contribution in [-0.4, -0.2) is 20.2 Å². The highest BCUT2D eigenvalue weighted by molar-refractivity contribution is 5.90. The SMILES string of the molecule is Cc1nc(-c2ccccc2)nc2[nH]nc([N+]#N)c12. The van der Waals surface area contributed by atoms with Crippen LogP contribution in [0.15, 0.2) is 30.3 Å². The van der Waals surface area contributed by atoms with Gasteiger partial charge in [0.2, 0.25) is 0 Å². The summed E-state index contributed by atoms with van der Waals surface area (Å²) in [4.78, 5) is 11.9. The van der Waals surface area contributed by atoms with E-state index in [0.29, 0.717) is 16.9 Å². The largest absolute Gasteiger partial charge is 0.498 e. The minimum absolute atomic E-state index is 0.210. The lowest BCUT2D eigenvalue weighted by Crippen LogP contribution is -1.92. The van der Waals surface area contributed by atoms with Crippen molar-refractivity contribution in [2.75, 3.05) is 0 Å². The average molecular weight is 237 g/mol. The maximum atomic E-state index is 8.82. The Bertz CT molecular complexity index is 753. The molecule has 0 aliphatic rings. The number of diazo groups is 1. The lowest BCUT2D eigenvalue weighted by atomic mass is 10.2. The Kier molecular flexibility index (Phi) is 2.24. The predicted molar refractivity (Wildman–Crippen MR) is 66.6 cm³/mol. The fourth-order valence-electron chi connectivity index (χ4n) is 1.87. The van der Waals surface area contributed by atoms with Crippen molar-refractivity contribution in [3.05, 3.63) is 41.0 Å². The molecular weight excluding hydrogens is 228 g/mol. The molecule has 0 aliphatic heterocycles. The van der Waals surface area contributed by atoms with Gasteiger partial charge in [0.25, 0.3) is 0 Å². The number of nitrogens with one attached hydrogen (secondary N) is 1. The summed E-state index contributed by atoms with van der Waals surface area (Å²) >= 11 is 0. The van der Waals surface area contributed by atoms with Gasteiger partial charge in [0.1, 0.15) is 0 Å². The van der Waals surface area contributed by atoms with E-state index >= 15 is 0 Å². The van der Waals surface area contributed by atoms with Crippen molar-refractivity contribution >= 4 is 16.9 Å². The van der Waals surface area contributed by atoms with Crippen LogP contribution < -0.4 is 0 Å². The van der Waals surface area contributed by atoms with Crippen molar-refractivity contribution in [1.29, 1.82) is 5.39 Å². The molecule has 0 radical (unpaired) electrons. The Balaban J connectivity index is 2.27. The van der Waals surface area contributed by atoms with Crippen molar-refractivity contribution in [2.45, 2.75) is 6.92 Å². The maximum Gasteiger partial charge on any atom is 0.498 e. The molecule has 18 heavy (non-hydrogen) atoms. The molecule has 86 valence electrons. The van der Waals surface area contributed by atoms with E-state index in [1.807, 2.05) is 37.3 Å². The summed E-state index contributed by atoms with van der Waals surface area (Å²) in [6.45, 7) is 1.83. The molecule has 1 aromatic carbocycles. The van der Waals surface area contributed by atoms with Crippen molar-refractivity contribution in [1.82, 2.24) is 20.2 Å². The molecule has 0 saturated carbocycles. The van der Waals surface area contributed by atoms with Crippen LogP contribution in [0.3, 0.4) is 0 Å². The smallest absolute Gasteiger partial charge is 0.232 e. The Morgan fingerprint density at radius 2 is 1.94 bits per heavy atom. The molecule has 0 fully saturated rings. The fourth-order valence-corrected chi connectivity index (χ4v) is 1.87. The number of fused-ring (bicyclic) bond motifs is 1. The highest BCUT2D eigenvalue weighted by Gasteiger charge is 2.21. The van der Waals surface area contributed by atoms with Crippen molar-refractivity contribution < 1.29 is 0 Å². The van der Waals surface area contributed by atoms with Gasteiger partial charge >= 0.3 is 5.82 Å². The molecule has 1 N–H and O–H groups in total. The Hall–Kier alpha value is -2.81. The van der Waals surface area contributed by atoms with E-state index in [9.17, 15) is 0 Å². The Morgan fingerprint density at radius 1 is 1.17 bits per heavy atom. The van der Waals surface area contributed by atoms with E-state index in [4.69, 9.17) is 5.39 Å². The first-order valence-electron chi connectivity index (χ1n) is 5.43. The number of H-pyrrole nitrogens is 1. The van der Waals surface area contributed by atoms with Crippen LogP contribution in [0.25, 0.3) is 27.4 Å². The molecule has 0 saturated heterocycles. The van der Waals surface area contributed by atoms with Crippen LogP contribution in [-0.2, 0) is 0 Å². The molecule has 2 aromatic heterocycles. The number of aromatic nitrogens is 4. The van der Waals surface area contributed by atoms with E-state index in [2.05, 4.69) is 25.1 Å². The number of nitrogens with zero attached hydrogens (tertiary/aromatic N) is 5. The molecule has 0 bridgehead atoms. The van der Waals surface area contributed by atoms with Gasteiger partial charge in [-0.1, -0.05) is 30.3 Å².